The molecule has 1 saturated heterocycles. The van der Waals surface area contributed by atoms with Crippen LogP contribution in [-0.4, -0.2) is 85.2 Å². The van der Waals surface area contributed by atoms with E-state index in [9.17, 15) is 14.4 Å². The van der Waals surface area contributed by atoms with E-state index in [1.807, 2.05) is 49.9 Å². The summed E-state index contributed by atoms with van der Waals surface area (Å²) in [5.74, 6) is -0.412. The number of carbonyl (C=O) groups is 3. The van der Waals surface area contributed by atoms with E-state index >= 15 is 0 Å². The second-order valence-corrected chi connectivity index (χ2v) is 8.91. The third-order valence-electron chi connectivity index (χ3n) is 6.52. The lowest BCUT2D eigenvalue weighted by atomic mass is 9.91. The van der Waals surface area contributed by atoms with E-state index in [2.05, 4.69) is 15.5 Å². The molecule has 1 aromatic rings. The summed E-state index contributed by atoms with van der Waals surface area (Å²) in [7, 11) is 0. The van der Waals surface area contributed by atoms with Crippen LogP contribution in [0.2, 0.25) is 0 Å². The number of benzene rings is 1. The number of likely N-dealkylation sites (N-methyl/N-ethyl adjacent to an activating group) is 1. The van der Waals surface area contributed by atoms with Gasteiger partial charge in [0.2, 0.25) is 0 Å². The summed E-state index contributed by atoms with van der Waals surface area (Å²) in [5.41, 5.74) is 3.02. The standard InChI is InChI=1S/C26H39N5O4/c1-5-13-27-25(33)30-15-10-14-29(16-17-30)18-21-22(24(32)35-7-3)23(28-26(34)31(21)6-2)20-12-9-8-11-19(20)4/h8-9,11-12,23H,5-7,10,13-18H2,1-4H3,(H,27,33)(H,28,34). The minimum absolute atomic E-state index is 0.0352. The number of ether oxygens (including phenoxy) is 1. The maximum absolute atomic E-state index is 13.3. The maximum Gasteiger partial charge on any atom is 0.338 e. The second kappa shape index (κ2) is 12.6. The first-order valence-electron chi connectivity index (χ1n) is 12.7. The highest BCUT2D eigenvalue weighted by molar-refractivity contribution is 5.95. The molecule has 2 aliphatic heterocycles. The van der Waals surface area contributed by atoms with Crippen molar-refractivity contribution in [2.45, 2.75) is 46.6 Å². The molecule has 2 heterocycles. The number of carbonyl (C=O) groups excluding carboxylic acids is 3. The van der Waals surface area contributed by atoms with Crippen LogP contribution < -0.4 is 10.6 Å². The number of rotatable bonds is 8. The van der Waals surface area contributed by atoms with E-state index in [1.54, 1.807) is 11.8 Å². The zero-order valence-electron chi connectivity index (χ0n) is 21.4. The highest BCUT2D eigenvalue weighted by atomic mass is 16.5. The summed E-state index contributed by atoms with van der Waals surface area (Å²) >= 11 is 0. The van der Waals surface area contributed by atoms with E-state index in [4.69, 9.17) is 4.74 Å². The molecule has 0 spiro atoms. The van der Waals surface area contributed by atoms with Gasteiger partial charge in [0.25, 0.3) is 0 Å². The number of urea groups is 2. The molecule has 4 amide bonds. The van der Waals surface area contributed by atoms with Crippen molar-refractivity contribution in [1.82, 2.24) is 25.3 Å². The predicted molar refractivity (Wildman–Crippen MR) is 135 cm³/mol. The summed E-state index contributed by atoms with van der Waals surface area (Å²) in [6.45, 7) is 12.2. The molecule has 35 heavy (non-hydrogen) atoms. The molecule has 1 unspecified atom stereocenters. The van der Waals surface area contributed by atoms with Crippen LogP contribution in [0.5, 0.6) is 0 Å². The fraction of sp³-hybridized carbons (Fsp3) is 0.577. The van der Waals surface area contributed by atoms with Crippen LogP contribution in [0.1, 0.15) is 50.8 Å². The Morgan fingerprint density at radius 2 is 1.89 bits per heavy atom. The number of nitrogens with one attached hydrogen (secondary N) is 2. The lowest BCUT2D eigenvalue weighted by molar-refractivity contribution is -0.139. The Balaban J connectivity index is 1.93. The molecule has 0 bridgehead atoms. The van der Waals surface area contributed by atoms with Gasteiger partial charge in [0.05, 0.1) is 18.2 Å². The number of esters is 1. The molecule has 9 nitrogen and oxygen atoms in total. The van der Waals surface area contributed by atoms with Gasteiger partial charge in [0.15, 0.2) is 0 Å². The monoisotopic (exact) mass is 485 g/mol. The van der Waals surface area contributed by atoms with Crippen LogP contribution in [0.4, 0.5) is 9.59 Å². The van der Waals surface area contributed by atoms with Crippen molar-refractivity contribution in [1.29, 1.82) is 0 Å². The van der Waals surface area contributed by atoms with Crippen LogP contribution in [0.25, 0.3) is 0 Å². The summed E-state index contributed by atoms with van der Waals surface area (Å²) in [4.78, 5) is 44.6. The predicted octanol–water partition coefficient (Wildman–Crippen LogP) is 3.03. The smallest absolute Gasteiger partial charge is 0.338 e. The summed E-state index contributed by atoms with van der Waals surface area (Å²) in [6.07, 6.45) is 1.72. The number of aryl methyl sites for hydroxylation is 1. The van der Waals surface area contributed by atoms with Crippen molar-refractivity contribution in [2.75, 3.05) is 52.4 Å². The quantitative estimate of drug-likeness (QED) is 0.552. The van der Waals surface area contributed by atoms with Crippen molar-refractivity contribution < 1.29 is 19.1 Å². The van der Waals surface area contributed by atoms with Crippen LogP contribution >= 0.6 is 0 Å². The average molecular weight is 486 g/mol. The van der Waals surface area contributed by atoms with Crippen molar-refractivity contribution in [3.8, 4) is 0 Å². The minimum Gasteiger partial charge on any atom is -0.463 e. The fourth-order valence-electron chi connectivity index (χ4n) is 4.69. The van der Waals surface area contributed by atoms with Crippen LogP contribution in [-0.2, 0) is 9.53 Å². The first-order valence-corrected chi connectivity index (χ1v) is 12.7. The summed E-state index contributed by atoms with van der Waals surface area (Å²) < 4.78 is 5.48. The number of hydrogen-bond donors (Lipinski definition) is 2. The minimum atomic E-state index is -0.580. The Morgan fingerprint density at radius 1 is 1.11 bits per heavy atom. The van der Waals surface area contributed by atoms with Crippen molar-refractivity contribution in [3.63, 3.8) is 0 Å². The second-order valence-electron chi connectivity index (χ2n) is 8.91. The zero-order valence-corrected chi connectivity index (χ0v) is 21.4. The summed E-state index contributed by atoms with van der Waals surface area (Å²) in [6, 6.07) is 6.93. The average Bonchev–Trinajstić information content (AvgIpc) is 3.08. The molecule has 2 N–H and O–H groups in total. The first-order chi connectivity index (χ1) is 16.9. The third kappa shape index (κ3) is 6.33. The van der Waals surface area contributed by atoms with Gasteiger partial charge in [-0.3, -0.25) is 9.80 Å². The van der Waals surface area contributed by atoms with E-state index in [0.29, 0.717) is 50.5 Å². The molecule has 9 heteroatoms. The van der Waals surface area contributed by atoms with Crippen molar-refractivity contribution in [3.05, 3.63) is 46.7 Å². The molecule has 0 aromatic heterocycles. The zero-order chi connectivity index (χ0) is 25.4. The highest BCUT2D eigenvalue weighted by Gasteiger charge is 2.38. The van der Waals surface area contributed by atoms with Crippen LogP contribution in [0, 0.1) is 6.92 Å². The number of nitrogens with zero attached hydrogens (tertiary/aromatic N) is 3. The third-order valence-corrected chi connectivity index (χ3v) is 6.52. The van der Waals surface area contributed by atoms with Gasteiger partial charge in [-0.15, -0.1) is 0 Å². The Labute approximate surface area is 208 Å². The van der Waals surface area contributed by atoms with E-state index in [1.165, 1.54) is 0 Å². The summed E-state index contributed by atoms with van der Waals surface area (Å²) in [5, 5.41) is 5.98. The molecule has 3 rings (SSSR count). The van der Waals surface area contributed by atoms with Gasteiger partial charge in [-0.2, -0.15) is 0 Å². The number of hydrogen-bond acceptors (Lipinski definition) is 5. The lowest BCUT2D eigenvalue weighted by Crippen LogP contribution is -2.51. The van der Waals surface area contributed by atoms with Gasteiger partial charge < -0.3 is 20.3 Å². The van der Waals surface area contributed by atoms with Gasteiger partial charge in [-0.1, -0.05) is 31.2 Å². The van der Waals surface area contributed by atoms with Gasteiger partial charge in [-0.05, 0) is 44.7 Å². The highest BCUT2D eigenvalue weighted by Crippen LogP contribution is 2.33. The Hall–Kier alpha value is -3.07. The largest absolute Gasteiger partial charge is 0.463 e. The van der Waals surface area contributed by atoms with E-state index in [0.717, 1.165) is 30.5 Å². The maximum atomic E-state index is 13.3. The number of amides is 4. The molecular formula is C26H39N5O4. The normalized spacial score (nSPS) is 19.3. The molecular weight excluding hydrogens is 446 g/mol. The Kier molecular flexibility index (Phi) is 9.54. The molecule has 0 saturated carbocycles. The first kappa shape index (κ1) is 26.5. The lowest BCUT2D eigenvalue weighted by Gasteiger charge is -2.38. The topological polar surface area (TPSA) is 94.2 Å². The van der Waals surface area contributed by atoms with E-state index < -0.39 is 12.0 Å². The Morgan fingerprint density at radius 3 is 2.57 bits per heavy atom. The molecule has 0 radical (unpaired) electrons. The van der Waals surface area contributed by atoms with Crippen molar-refractivity contribution in [2.24, 2.45) is 0 Å². The van der Waals surface area contributed by atoms with Crippen molar-refractivity contribution >= 4 is 18.0 Å². The van der Waals surface area contributed by atoms with Gasteiger partial charge >= 0.3 is 18.0 Å². The molecule has 0 aliphatic carbocycles. The van der Waals surface area contributed by atoms with E-state index in [-0.39, 0.29) is 18.7 Å². The fourth-order valence-corrected chi connectivity index (χ4v) is 4.69. The molecule has 2 aliphatic rings. The molecule has 1 aromatic carbocycles. The van der Waals surface area contributed by atoms with Gasteiger partial charge in [0, 0.05) is 51.5 Å². The molecule has 192 valence electrons. The van der Waals surface area contributed by atoms with Gasteiger partial charge in [0.1, 0.15) is 0 Å². The SMILES string of the molecule is CCCNC(=O)N1CCCN(CC2=C(C(=O)OCC)C(c3ccccc3C)NC(=O)N2CC)CC1. The molecule has 1 atom stereocenters. The van der Waals surface area contributed by atoms with Crippen LogP contribution in [0.15, 0.2) is 35.5 Å². The van der Waals surface area contributed by atoms with Gasteiger partial charge in [-0.25, -0.2) is 14.4 Å². The van der Waals surface area contributed by atoms with Crippen LogP contribution in [0.3, 0.4) is 0 Å². The Bertz CT molecular complexity index is 947. The molecule has 1 fully saturated rings.